The lowest BCUT2D eigenvalue weighted by atomic mass is 10.0. The lowest BCUT2D eigenvalue weighted by Gasteiger charge is -2.25. The SMILES string of the molecule is COC(=O)Cc1ccc(NC(=O)[C@H](CCCNC(N)=O)NC(=O)[C@@H](NC(=O)CCN)C(C)C)cc1. The van der Waals surface area contributed by atoms with Gasteiger partial charge in [0.25, 0.3) is 0 Å². The highest BCUT2D eigenvalue weighted by Crippen LogP contribution is 2.12. The summed E-state index contributed by atoms with van der Waals surface area (Å²) in [4.78, 5) is 60.2. The second-order valence-corrected chi connectivity index (χ2v) is 8.26. The molecule has 5 amide bonds. The lowest BCUT2D eigenvalue weighted by molar-refractivity contribution is -0.139. The molecule has 1 aromatic carbocycles. The number of esters is 1. The van der Waals surface area contributed by atoms with E-state index in [9.17, 15) is 24.0 Å². The Morgan fingerprint density at radius 3 is 2.20 bits per heavy atom. The fraction of sp³-hybridized carbons (Fsp3) is 0.522. The van der Waals surface area contributed by atoms with Crippen LogP contribution in [0.2, 0.25) is 0 Å². The molecule has 0 saturated heterocycles. The van der Waals surface area contributed by atoms with E-state index in [0.717, 1.165) is 0 Å². The molecule has 0 aliphatic carbocycles. The number of nitrogens with one attached hydrogen (secondary N) is 4. The number of hydrogen-bond acceptors (Lipinski definition) is 7. The molecule has 2 atom stereocenters. The normalized spacial score (nSPS) is 12.3. The van der Waals surface area contributed by atoms with Crippen LogP contribution in [0.4, 0.5) is 10.5 Å². The monoisotopic (exact) mass is 492 g/mol. The molecule has 0 saturated carbocycles. The average molecular weight is 493 g/mol. The average Bonchev–Trinajstić information content (AvgIpc) is 2.80. The number of amides is 5. The molecule has 12 heteroatoms. The number of nitrogens with two attached hydrogens (primary N) is 2. The third kappa shape index (κ3) is 11.3. The number of ether oxygens (including phenoxy) is 1. The second-order valence-electron chi connectivity index (χ2n) is 8.26. The number of carbonyl (C=O) groups excluding carboxylic acids is 5. The summed E-state index contributed by atoms with van der Waals surface area (Å²) in [7, 11) is 1.30. The van der Waals surface area contributed by atoms with Gasteiger partial charge < -0.3 is 37.5 Å². The van der Waals surface area contributed by atoms with Crippen molar-refractivity contribution in [3.63, 3.8) is 0 Å². The van der Waals surface area contributed by atoms with Gasteiger partial charge in [-0.3, -0.25) is 19.2 Å². The van der Waals surface area contributed by atoms with Gasteiger partial charge in [0.15, 0.2) is 0 Å². The molecule has 1 aromatic rings. The summed E-state index contributed by atoms with van der Waals surface area (Å²) in [5.41, 5.74) is 11.7. The fourth-order valence-corrected chi connectivity index (χ4v) is 3.13. The summed E-state index contributed by atoms with van der Waals surface area (Å²) in [5, 5.41) is 10.5. The van der Waals surface area contributed by atoms with Crippen LogP contribution in [-0.2, 0) is 30.3 Å². The van der Waals surface area contributed by atoms with Crippen LogP contribution in [0.1, 0.15) is 38.7 Å². The number of hydrogen-bond donors (Lipinski definition) is 6. The minimum absolute atomic E-state index is 0.0746. The molecule has 0 heterocycles. The molecule has 0 spiro atoms. The Morgan fingerprint density at radius 1 is 1.00 bits per heavy atom. The van der Waals surface area contributed by atoms with Gasteiger partial charge in [-0.05, 0) is 36.5 Å². The molecule has 0 unspecified atom stereocenters. The maximum atomic E-state index is 13.0. The minimum atomic E-state index is -0.945. The first-order chi connectivity index (χ1) is 16.6. The zero-order valence-electron chi connectivity index (χ0n) is 20.4. The summed E-state index contributed by atoms with van der Waals surface area (Å²) in [6, 6.07) is 4.13. The Bertz CT molecular complexity index is 874. The van der Waals surface area contributed by atoms with Gasteiger partial charge in [0, 0.05) is 25.2 Å². The third-order valence-electron chi connectivity index (χ3n) is 5.04. The van der Waals surface area contributed by atoms with Gasteiger partial charge in [-0.25, -0.2) is 4.79 Å². The number of primary amides is 1. The van der Waals surface area contributed by atoms with Crippen molar-refractivity contribution in [3.8, 4) is 0 Å². The van der Waals surface area contributed by atoms with Crippen LogP contribution in [0.3, 0.4) is 0 Å². The molecule has 35 heavy (non-hydrogen) atoms. The van der Waals surface area contributed by atoms with Crippen LogP contribution < -0.4 is 32.7 Å². The maximum absolute atomic E-state index is 13.0. The van der Waals surface area contributed by atoms with Crippen LogP contribution in [0.5, 0.6) is 0 Å². The summed E-state index contributed by atoms with van der Waals surface area (Å²) < 4.78 is 4.64. The van der Waals surface area contributed by atoms with E-state index in [0.29, 0.717) is 17.7 Å². The van der Waals surface area contributed by atoms with Gasteiger partial charge >= 0.3 is 12.0 Å². The summed E-state index contributed by atoms with van der Waals surface area (Å²) in [5.74, 6) is -1.97. The van der Waals surface area contributed by atoms with Crippen molar-refractivity contribution < 1.29 is 28.7 Å². The maximum Gasteiger partial charge on any atom is 0.312 e. The first-order valence-electron chi connectivity index (χ1n) is 11.4. The Balaban J connectivity index is 2.91. The number of carbonyl (C=O) groups is 5. The Morgan fingerprint density at radius 2 is 1.66 bits per heavy atom. The lowest BCUT2D eigenvalue weighted by Crippen LogP contribution is -2.54. The van der Waals surface area contributed by atoms with Crippen molar-refractivity contribution in [2.75, 3.05) is 25.5 Å². The fourth-order valence-electron chi connectivity index (χ4n) is 3.13. The van der Waals surface area contributed by atoms with Crippen LogP contribution >= 0.6 is 0 Å². The topological polar surface area (TPSA) is 195 Å². The van der Waals surface area contributed by atoms with Crippen molar-refractivity contribution in [2.45, 2.75) is 51.6 Å². The van der Waals surface area contributed by atoms with Crippen LogP contribution in [0, 0.1) is 5.92 Å². The molecule has 0 radical (unpaired) electrons. The van der Waals surface area contributed by atoms with Crippen LogP contribution in [-0.4, -0.2) is 62.0 Å². The number of anilines is 1. The third-order valence-corrected chi connectivity index (χ3v) is 5.04. The highest BCUT2D eigenvalue weighted by Gasteiger charge is 2.28. The zero-order chi connectivity index (χ0) is 26.4. The number of urea groups is 1. The van der Waals surface area contributed by atoms with Crippen molar-refractivity contribution in [1.29, 1.82) is 0 Å². The van der Waals surface area contributed by atoms with Crippen molar-refractivity contribution in [3.05, 3.63) is 29.8 Å². The summed E-state index contributed by atoms with van der Waals surface area (Å²) in [6.07, 6.45) is 0.749. The first-order valence-corrected chi connectivity index (χ1v) is 11.4. The van der Waals surface area contributed by atoms with E-state index in [1.54, 1.807) is 38.1 Å². The van der Waals surface area contributed by atoms with Crippen molar-refractivity contribution in [1.82, 2.24) is 16.0 Å². The van der Waals surface area contributed by atoms with Gasteiger partial charge in [0.05, 0.1) is 13.5 Å². The largest absolute Gasteiger partial charge is 0.469 e. The molecule has 0 bridgehead atoms. The molecule has 0 aliphatic heterocycles. The number of methoxy groups -OCH3 is 1. The van der Waals surface area contributed by atoms with Crippen LogP contribution in [0.25, 0.3) is 0 Å². The minimum Gasteiger partial charge on any atom is -0.469 e. The first kappa shape index (κ1) is 29.4. The van der Waals surface area contributed by atoms with Gasteiger partial charge in [-0.1, -0.05) is 26.0 Å². The predicted molar refractivity (Wildman–Crippen MR) is 130 cm³/mol. The molecule has 194 valence electrons. The van der Waals surface area contributed by atoms with E-state index in [2.05, 4.69) is 26.0 Å². The Labute approximate surface area is 204 Å². The molecule has 8 N–H and O–H groups in total. The van der Waals surface area contributed by atoms with E-state index < -0.39 is 29.9 Å². The van der Waals surface area contributed by atoms with Gasteiger partial charge in [-0.15, -0.1) is 0 Å². The standard InChI is InChI=1S/C23H36N6O6/c1-14(2)20(29-18(30)10-11-24)22(33)28-17(5-4-12-26-23(25)34)21(32)27-16-8-6-15(7-9-16)13-19(31)35-3/h6-9,14,17,20H,4-5,10-13,24H2,1-3H3,(H,27,32)(H,28,33)(H,29,30)(H3,25,26,34)/t17-,20-/m0/s1. The van der Waals surface area contributed by atoms with E-state index in [1.807, 2.05) is 0 Å². The molecule has 0 aliphatic rings. The predicted octanol–water partition coefficient (Wildman–Crippen LogP) is -0.236. The molecule has 12 nitrogen and oxygen atoms in total. The van der Waals surface area contributed by atoms with Gasteiger partial charge in [0.1, 0.15) is 12.1 Å². The van der Waals surface area contributed by atoms with Crippen molar-refractivity contribution >= 4 is 35.4 Å². The van der Waals surface area contributed by atoms with Crippen molar-refractivity contribution in [2.24, 2.45) is 17.4 Å². The van der Waals surface area contributed by atoms with E-state index in [4.69, 9.17) is 11.5 Å². The second kappa shape index (κ2) is 15.3. The summed E-state index contributed by atoms with van der Waals surface area (Å²) in [6.45, 7) is 3.91. The molecular weight excluding hydrogens is 456 g/mol. The number of benzene rings is 1. The molecule has 0 fully saturated rings. The zero-order valence-corrected chi connectivity index (χ0v) is 20.4. The Kier molecular flexibility index (Phi) is 12.8. The molecule has 0 aromatic heterocycles. The van der Waals surface area contributed by atoms with E-state index in [-0.39, 0.29) is 50.1 Å². The van der Waals surface area contributed by atoms with Crippen LogP contribution in [0.15, 0.2) is 24.3 Å². The summed E-state index contributed by atoms with van der Waals surface area (Å²) >= 11 is 0. The highest BCUT2D eigenvalue weighted by atomic mass is 16.5. The Hall–Kier alpha value is -3.67. The van der Waals surface area contributed by atoms with E-state index in [1.165, 1.54) is 7.11 Å². The molecular formula is C23H36N6O6. The van der Waals surface area contributed by atoms with Gasteiger partial charge in [0.2, 0.25) is 17.7 Å². The van der Waals surface area contributed by atoms with E-state index >= 15 is 0 Å². The van der Waals surface area contributed by atoms with Gasteiger partial charge in [-0.2, -0.15) is 0 Å². The molecule has 1 rings (SSSR count). The highest BCUT2D eigenvalue weighted by molar-refractivity contribution is 5.98. The number of rotatable bonds is 14. The quantitative estimate of drug-likeness (QED) is 0.152. The smallest absolute Gasteiger partial charge is 0.312 e.